The number of nitrogens with one attached hydrogen (secondary N) is 1. The van der Waals surface area contributed by atoms with Crippen LogP contribution in [0.3, 0.4) is 0 Å². The van der Waals surface area contributed by atoms with E-state index in [0.717, 1.165) is 5.56 Å². The minimum Gasteiger partial charge on any atom is -0.467 e. The maximum atomic E-state index is 11.6. The first-order valence-corrected chi connectivity index (χ1v) is 6.48. The molecule has 0 aliphatic carbocycles. The number of furan rings is 1. The van der Waals surface area contributed by atoms with Gasteiger partial charge in [0.15, 0.2) is 0 Å². The van der Waals surface area contributed by atoms with Crippen LogP contribution >= 0.6 is 0 Å². The summed E-state index contributed by atoms with van der Waals surface area (Å²) in [7, 11) is 0. The van der Waals surface area contributed by atoms with Gasteiger partial charge in [0.05, 0.1) is 6.26 Å². The first kappa shape index (κ1) is 14.1. The molecule has 0 saturated carbocycles. The Kier molecular flexibility index (Phi) is 5.15. The van der Waals surface area contributed by atoms with Crippen molar-refractivity contribution >= 4 is 12.0 Å². The summed E-state index contributed by atoms with van der Waals surface area (Å²) in [4.78, 5) is 11.6. The topological polar surface area (TPSA) is 62.5 Å². The summed E-state index contributed by atoms with van der Waals surface area (Å²) in [6, 6.07) is 13.0. The maximum Gasteiger partial charge on any atom is 0.244 e. The predicted molar refractivity (Wildman–Crippen MR) is 76.8 cm³/mol. The van der Waals surface area contributed by atoms with Crippen LogP contribution in [0, 0.1) is 0 Å². The van der Waals surface area contributed by atoms with Gasteiger partial charge in [0, 0.05) is 12.6 Å². The van der Waals surface area contributed by atoms with E-state index in [4.69, 9.17) is 4.42 Å². The van der Waals surface area contributed by atoms with E-state index in [1.54, 1.807) is 18.2 Å². The number of amides is 1. The Morgan fingerprint density at radius 2 is 2.05 bits per heavy atom. The number of aliphatic hydroxyl groups excluding tert-OH is 1. The Hall–Kier alpha value is -2.33. The van der Waals surface area contributed by atoms with Crippen LogP contribution in [0.15, 0.2) is 59.2 Å². The van der Waals surface area contributed by atoms with Crippen molar-refractivity contribution in [2.75, 3.05) is 6.54 Å². The molecular weight excluding hydrogens is 254 g/mol. The lowest BCUT2D eigenvalue weighted by atomic mass is 10.2. The van der Waals surface area contributed by atoms with Crippen LogP contribution in [0.4, 0.5) is 0 Å². The molecule has 4 nitrogen and oxygen atoms in total. The zero-order chi connectivity index (χ0) is 14.2. The second-order valence-corrected chi connectivity index (χ2v) is 4.35. The van der Waals surface area contributed by atoms with E-state index in [9.17, 15) is 9.90 Å². The van der Waals surface area contributed by atoms with E-state index in [0.29, 0.717) is 18.7 Å². The molecule has 1 aromatic carbocycles. The van der Waals surface area contributed by atoms with E-state index in [1.807, 2.05) is 30.3 Å². The molecule has 2 N–H and O–H groups in total. The SMILES string of the molecule is O=C(/C=C/c1ccccc1)NCC[C@H](O)c1ccco1. The summed E-state index contributed by atoms with van der Waals surface area (Å²) in [5.74, 6) is 0.333. The van der Waals surface area contributed by atoms with E-state index in [-0.39, 0.29) is 5.91 Å². The quantitative estimate of drug-likeness (QED) is 0.794. The lowest BCUT2D eigenvalue weighted by molar-refractivity contribution is -0.116. The van der Waals surface area contributed by atoms with Gasteiger partial charge in [-0.25, -0.2) is 0 Å². The molecule has 0 unspecified atom stereocenters. The van der Waals surface area contributed by atoms with Crippen LogP contribution in [0.25, 0.3) is 6.08 Å². The largest absolute Gasteiger partial charge is 0.467 e. The van der Waals surface area contributed by atoms with Crippen LogP contribution in [0.2, 0.25) is 0 Å². The summed E-state index contributed by atoms with van der Waals surface area (Å²) >= 11 is 0. The molecule has 1 heterocycles. The van der Waals surface area contributed by atoms with Gasteiger partial charge in [-0.15, -0.1) is 0 Å². The molecule has 0 fully saturated rings. The molecule has 1 aromatic heterocycles. The van der Waals surface area contributed by atoms with Crippen LogP contribution in [0.1, 0.15) is 23.8 Å². The number of benzene rings is 1. The highest BCUT2D eigenvalue weighted by atomic mass is 16.4. The van der Waals surface area contributed by atoms with Gasteiger partial charge in [-0.1, -0.05) is 30.3 Å². The van der Waals surface area contributed by atoms with Crippen LogP contribution < -0.4 is 5.32 Å². The van der Waals surface area contributed by atoms with Crippen molar-refractivity contribution in [3.8, 4) is 0 Å². The average Bonchev–Trinajstić information content (AvgIpc) is 3.00. The molecule has 2 rings (SSSR count). The van der Waals surface area contributed by atoms with Gasteiger partial charge in [-0.3, -0.25) is 4.79 Å². The molecule has 2 aromatic rings. The monoisotopic (exact) mass is 271 g/mol. The van der Waals surface area contributed by atoms with Gasteiger partial charge in [-0.05, 0) is 30.2 Å². The molecule has 0 spiro atoms. The van der Waals surface area contributed by atoms with Crippen molar-refractivity contribution in [3.63, 3.8) is 0 Å². The highest BCUT2D eigenvalue weighted by Crippen LogP contribution is 2.15. The molecule has 4 heteroatoms. The molecule has 104 valence electrons. The van der Waals surface area contributed by atoms with Crippen LogP contribution in [-0.2, 0) is 4.79 Å². The lowest BCUT2D eigenvalue weighted by Crippen LogP contribution is -2.23. The van der Waals surface area contributed by atoms with Gasteiger partial charge in [-0.2, -0.15) is 0 Å². The number of carbonyl (C=O) groups is 1. The predicted octanol–water partition coefficient (Wildman–Crippen LogP) is 2.53. The van der Waals surface area contributed by atoms with Crippen molar-refractivity contribution in [1.82, 2.24) is 5.32 Å². The molecule has 0 bridgehead atoms. The Bertz CT molecular complexity index is 546. The Balaban J connectivity index is 1.72. The normalized spacial score (nSPS) is 12.4. The van der Waals surface area contributed by atoms with Gasteiger partial charge < -0.3 is 14.8 Å². The van der Waals surface area contributed by atoms with Crippen molar-refractivity contribution in [3.05, 3.63) is 66.1 Å². The Morgan fingerprint density at radius 3 is 2.75 bits per heavy atom. The molecule has 1 atom stereocenters. The minimum absolute atomic E-state index is 0.180. The minimum atomic E-state index is -0.691. The van der Waals surface area contributed by atoms with Crippen LogP contribution in [0.5, 0.6) is 0 Å². The zero-order valence-corrected chi connectivity index (χ0v) is 11.0. The highest BCUT2D eigenvalue weighted by Gasteiger charge is 2.09. The molecular formula is C16H17NO3. The second-order valence-electron chi connectivity index (χ2n) is 4.35. The molecule has 0 aliphatic heterocycles. The number of hydrogen-bond donors (Lipinski definition) is 2. The Morgan fingerprint density at radius 1 is 1.25 bits per heavy atom. The fourth-order valence-corrected chi connectivity index (χ4v) is 1.75. The second kappa shape index (κ2) is 7.31. The smallest absolute Gasteiger partial charge is 0.244 e. The lowest BCUT2D eigenvalue weighted by Gasteiger charge is -2.07. The third-order valence-corrected chi connectivity index (χ3v) is 2.82. The number of aliphatic hydroxyl groups is 1. The summed E-state index contributed by atoms with van der Waals surface area (Å²) < 4.78 is 5.08. The van der Waals surface area contributed by atoms with E-state index < -0.39 is 6.10 Å². The number of carbonyl (C=O) groups excluding carboxylic acids is 1. The van der Waals surface area contributed by atoms with E-state index >= 15 is 0 Å². The standard InChI is InChI=1S/C16H17NO3/c18-14(15-7-4-12-20-15)10-11-17-16(19)9-8-13-5-2-1-3-6-13/h1-9,12,14,18H,10-11H2,(H,17,19)/b9-8+/t14-/m0/s1. The van der Waals surface area contributed by atoms with Gasteiger partial charge >= 0.3 is 0 Å². The maximum absolute atomic E-state index is 11.6. The molecule has 0 saturated heterocycles. The van der Waals surface area contributed by atoms with Crippen molar-refractivity contribution in [2.45, 2.75) is 12.5 Å². The zero-order valence-electron chi connectivity index (χ0n) is 11.0. The van der Waals surface area contributed by atoms with Crippen molar-refractivity contribution in [2.24, 2.45) is 0 Å². The Labute approximate surface area is 117 Å². The molecule has 1 amide bonds. The third-order valence-electron chi connectivity index (χ3n) is 2.82. The van der Waals surface area contributed by atoms with Gasteiger partial charge in [0.25, 0.3) is 0 Å². The average molecular weight is 271 g/mol. The first-order chi connectivity index (χ1) is 9.75. The summed E-state index contributed by atoms with van der Waals surface area (Å²) in [5, 5.41) is 12.5. The molecule has 0 radical (unpaired) electrons. The fraction of sp³-hybridized carbons (Fsp3) is 0.188. The molecule has 20 heavy (non-hydrogen) atoms. The van der Waals surface area contributed by atoms with E-state index in [2.05, 4.69) is 5.32 Å². The van der Waals surface area contributed by atoms with E-state index in [1.165, 1.54) is 12.3 Å². The number of hydrogen-bond acceptors (Lipinski definition) is 3. The molecule has 0 aliphatic rings. The van der Waals surface area contributed by atoms with Crippen molar-refractivity contribution in [1.29, 1.82) is 0 Å². The highest BCUT2D eigenvalue weighted by molar-refractivity contribution is 5.91. The first-order valence-electron chi connectivity index (χ1n) is 6.48. The number of rotatable bonds is 6. The van der Waals surface area contributed by atoms with Crippen molar-refractivity contribution < 1.29 is 14.3 Å². The van der Waals surface area contributed by atoms with Crippen LogP contribution in [-0.4, -0.2) is 17.6 Å². The fourth-order valence-electron chi connectivity index (χ4n) is 1.75. The summed E-state index contributed by atoms with van der Waals surface area (Å²) in [6.45, 7) is 0.389. The summed E-state index contributed by atoms with van der Waals surface area (Å²) in [6.07, 6.45) is 4.47. The van der Waals surface area contributed by atoms with Gasteiger partial charge in [0.2, 0.25) is 5.91 Å². The van der Waals surface area contributed by atoms with Gasteiger partial charge in [0.1, 0.15) is 11.9 Å². The summed E-state index contributed by atoms with van der Waals surface area (Å²) in [5.41, 5.74) is 0.971. The third kappa shape index (κ3) is 4.40.